The summed E-state index contributed by atoms with van der Waals surface area (Å²) < 4.78 is 0. The monoisotopic (exact) mass is 221 g/mol. The van der Waals surface area contributed by atoms with Gasteiger partial charge in [0.2, 0.25) is 0 Å². The minimum absolute atomic E-state index is 0.0734. The number of hydrogen-bond donors (Lipinski definition) is 2. The molecule has 1 fully saturated rings. The first-order chi connectivity index (χ1) is 7.67. The maximum absolute atomic E-state index is 11.3. The van der Waals surface area contributed by atoms with E-state index in [2.05, 4.69) is 22.2 Å². The second kappa shape index (κ2) is 4.28. The molecule has 1 heterocycles. The summed E-state index contributed by atoms with van der Waals surface area (Å²) in [4.78, 5) is 18.4. The quantitative estimate of drug-likeness (QED) is 0.798. The van der Waals surface area contributed by atoms with E-state index in [0.717, 1.165) is 18.8 Å². The predicted octanol–water partition coefficient (Wildman–Crippen LogP) is 1.93. The third kappa shape index (κ3) is 2.43. The fourth-order valence-corrected chi connectivity index (χ4v) is 1.88. The lowest BCUT2D eigenvalue weighted by atomic mass is 10.0. The Balaban J connectivity index is 2.04. The third-order valence-corrected chi connectivity index (χ3v) is 3.48. The Bertz CT molecular complexity index is 421. The van der Waals surface area contributed by atoms with E-state index in [0.29, 0.717) is 11.2 Å². The van der Waals surface area contributed by atoms with Crippen molar-refractivity contribution < 1.29 is 0 Å². The van der Waals surface area contributed by atoms with Crippen molar-refractivity contribution in [2.24, 2.45) is 5.41 Å². The van der Waals surface area contributed by atoms with Gasteiger partial charge < -0.3 is 10.3 Å². The van der Waals surface area contributed by atoms with Crippen molar-refractivity contribution >= 4 is 5.82 Å². The number of nitrogens with one attached hydrogen (secondary N) is 2. The number of anilines is 1. The third-order valence-electron chi connectivity index (χ3n) is 3.48. The summed E-state index contributed by atoms with van der Waals surface area (Å²) in [6.45, 7) is 5.14. The van der Waals surface area contributed by atoms with Crippen LogP contribution in [-0.2, 0) is 6.42 Å². The molecule has 2 N–H and O–H groups in total. The first kappa shape index (κ1) is 11.2. The fourth-order valence-electron chi connectivity index (χ4n) is 1.88. The summed E-state index contributed by atoms with van der Waals surface area (Å²) in [5, 5.41) is 3.28. The molecule has 1 aromatic heterocycles. The van der Waals surface area contributed by atoms with E-state index < -0.39 is 0 Å². The summed E-state index contributed by atoms with van der Waals surface area (Å²) in [5.74, 6) is 1.46. The van der Waals surface area contributed by atoms with Crippen molar-refractivity contribution in [3.8, 4) is 0 Å². The van der Waals surface area contributed by atoms with E-state index in [1.165, 1.54) is 25.3 Å². The van der Waals surface area contributed by atoms with Gasteiger partial charge in [0.25, 0.3) is 5.56 Å². The average molecular weight is 221 g/mol. The standard InChI is InChI=1S/C12H19N3O/c1-3-9-14-10(7-11(16)15-9)13-8-12(4-2)5-6-12/h7H,3-6,8H2,1-2H3,(H2,13,14,15,16). The molecule has 0 spiro atoms. The summed E-state index contributed by atoms with van der Waals surface area (Å²) in [7, 11) is 0. The zero-order valence-electron chi connectivity index (χ0n) is 9.97. The van der Waals surface area contributed by atoms with Crippen LogP contribution in [0.3, 0.4) is 0 Å². The number of nitrogens with zero attached hydrogens (tertiary/aromatic N) is 1. The van der Waals surface area contributed by atoms with Gasteiger partial charge in [-0.05, 0) is 24.7 Å². The number of aryl methyl sites for hydroxylation is 1. The summed E-state index contributed by atoms with van der Waals surface area (Å²) >= 11 is 0. The molecule has 4 heteroatoms. The molecule has 0 amide bonds. The van der Waals surface area contributed by atoms with Crippen LogP contribution in [0.15, 0.2) is 10.9 Å². The van der Waals surface area contributed by atoms with E-state index >= 15 is 0 Å². The van der Waals surface area contributed by atoms with Gasteiger partial charge in [0.15, 0.2) is 0 Å². The molecule has 2 rings (SSSR count). The van der Waals surface area contributed by atoms with Crippen LogP contribution >= 0.6 is 0 Å². The second-order valence-electron chi connectivity index (χ2n) is 4.64. The first-order valence-electron chi connectivity index (χ1n) is 6.01. The van der Waals surface area contributed by atoms with Crippen LogP contribution < -0.4 is 10.9 Å². The van der Waals surface area contributed by atoms with Gasteiger partial charge in [-0.2, -0.15) is 0 Å². The molecule has 88 valence electrons. The van der Waals surface area contributed by atoms with Crippen LogP contribution in [0.1, 0.15) is 38.9 Å². The molecule has 1 aromatic rings. The number of rotatable bonds is 5. The Kier molecular flexibility index (Phi) is 2.99. The van der Waals surface area contributed by atoms with E-state index in [-0.39, 0.29) is 5.56 Å². The zero-order chi connectivity index (χ0) is 11.6. The molecule has 0 atom stereocenters. The molecule has 1 aliphatic rings. The molecule has 0 radical (unpaired) electrons. The topological polar surface area (TPSA) is 57.8 Å². The molecule has 16 heavy (non-hydrogen) atoms. The van der Waals surface area contributed by atoms with Gasteiger partial charge in [-0.25, -0.2) is 4.98 Å². The molecule has 0 aliphatic heterocycles. The Labute approximate surface area is 95.5 Å². The molecule has 0 saturated heterocycles. The Morgan fingerprint density at radius 3 is 2.81 bits per heavy atom. The van der Waals surface area contributed by atoms with Crippen LogP contribution in [0, 0.1) is 5.41 Å². The van der Waals surface area contributed by atoms with Gasteiger partial charge in [0.05, 0.1) is 0 Å². The smallest absolute Gasteiger partial charge is 0.252 e. The fraction of sp³-hybridized carbons (Fsp3) is 0.667. The van der Waals surface area contributed by atoms with Crippen molar-refractivity contribution in [3.63, 3.8) is 0 Å². The lowest BCUT2D eigenvalue weighted by molar-refractivity contribution is 0.520. The molecule has 0 bridgehead atoms. The SMILES string of the molecule is CCc1nc(NCC2(CC)CC2)cc(=O)[nH]1. The lowest BCUT2D eigenvalue weighted by Gasteiger charge is -2.13. The average Bonchev–Trinajstić information content (AvgIpc) is 3.06. The molecule has 1 saturated carbocycles. The maximum Gasteiger partial charge on any atom is 0.252 e. The molecular weight excluding hydrogens is 202 g/mol. The number of H-pyrrole nitrogens is 1. The Morgan fingerprint density at radius 1 is 1.50 bits per heavy atom. The number of aromatic amines is 1. The van der Waals surface area contributed by atoms with Gasteiger partial charge in [-0.3, -0.25) is 4.79 Å². The van der Waals surface area contributed by atoms with Crippen molar-refractivity contribution in [1.29, 1.82) is 0 Å². The minimum Gasteiger partial charge on any atom is -0.369 e. The highest BCUT2D eigenvalue weighted by atomic mass is 16.1. The van der Waals surface area contributed by atoms with E-state index in [9.17, 15) is 4.79 Å². The van der Waals surface area contributed by atoms with Crippen LogP contribution in [-0.4, -0.2) is 16.5 Å². The van der Waals surface area contributed by atoms with E-state index in [1.54, 1.807) is 0 Å². The van der Waals surface area contributed by atoms with Crippen molar-refractivity contribution in [2.75, 3.05) is 11.9 Å². The van der Waals surface area contributed by atoms with Crippen LogP contribution in [0.4, 0.5) is 5.82 Å². The highest BCUT2D eigenvalue weighted by Crippen LogP contribution is 2.48. The largest absolute Gasteiger partial charge is 0.369 e. The first-order valence-corrected chi connectivity index (χ1v) is 6.01. The minimum atomic E-state index is -0.0734. The van der Waals surface area contributed by atoms with Crippen molar-refractivity contribution in [1.82, 2.24) is 9.97 Å². The van der Waals surface area contributed by atoms with Gasteiger partial charge in [-0.15, -0.1) is 0 Å². The van der Waals surface area contributed by atoms with Crippen LogP contribution in [0.5, 0.6) is 0 Å². The molecule has 0 unspecified atom stereocenters. The Hall–Kier alpha value is -1.32. The Morgan fingerprint density at radius 2 is 2.25 bits per heavy atom. The maximum atomic E-state index is 11.3. The van der Waals surface area contributed by atoms with Crippen molar-refractivity contribution in [3.05, 3.63) is 22.2 Å². The normalized spacial score (nSPS) is 17.1. The highest BCUT2D eigenvalue weighted by Gasteiger charge is 2.40. The van der Waals surface area contributed by atoms with Gasteiger partial charge in [0.1, 0.15) is 11.6 Å². The predicted molar refractivity (Wildman–Crippen MR) is 64.7 cm³/mol. The number of hydrogen-bond acceptors (Lipinski definition) is 3. The summed E-state index contributed by atoms with van der Waals surface area (Å²) in [6.07, 6.45) is 4.54. The second-order valence-corrected chi connectivity index (χ2v) is 4.64. The summed E-state index contributed by atoms with van der Waals surface area (Å²) in [5.41, 5.74) is 0.395. The lowest BCUT2D eigenvalue weighted by Crippen LogP contribution is -2.18. The van der Waals surface area contributed by atoms with E-state index in [1.807, 2.05) is 6.92 Å². The van der Waals surface area contributed by atoms with Gasteiger partial charge in [0, 0.05) is 19.0 Å². The molecule has 1 aliphatic carbocycles. The number of aromatic nitrogens is 2. The zero-order valence-corrected chi connectivity index (χ0v) is 9.97. The van der Waals surface area contributed by atoms with Gasteiger partial charge in [-0.1, -0.05) is 13.8 Å². The van der Waals surface area contributed by atoms with Crippen LogP contribution in [0.25, 0.3) is 0 Å². The van der Waals surface area contributed by atoms with Crippen LogP contribution in [0.2, 0.25) is 0 Å². The van der Waals surface area contributed by atoms with Crippen molar-refractivity contribution in [2.45, 2.75) is 39.5 Å². The molecule has 0 aromatic carbocycles. The van der Waals surface area contributed by atoms with Gasteiger partial charge >= 0.3 is 0 Å². The highest BCUT2D eigenvalue weighted by molar-refractivity contribution is 5.33. The summed E-state index contributed by atoms with van der Waals surface area (Å²) in [6, 6.07) is 1.53. The molecular formula is C12H19N3O. The van der Waals surface area contributed by atoms with E-state index in [4.69, 9.17) is 0 Å². The molecule has 4 nitrogen and oxygen atoms in total.